The summed E-state index contributed by atoms with van der Waals surface area (Å²) in [7, 11) is 0. The van der Waals surface area contributed by atoms with E-state index in [0.29, 0.717) is 0 Å². The molecule has 4 aromatic carbocycles. The molecule has 0 heterocycles. The molecule has 5 rings (SSSR count). The largest absolute Gasteiger partial charge is 0.335 e. The number of fused-ring (bicyclic) bond motifs is 3. The molecule has 0 atom stereocenters. The highest BCUT2D eigenvalue weighted by Gasteiger charge is 2.37. The zero-order valence-corrected chi connectivity index (χ0v) is 21.5. The Morgan fingerprint density at radius 3 is 1.97 bits per heavy atom. The Bertz CT molecular complexity index is 1370. The molecule has 0 aliphatic heterocycles. The first-order valence-electron chi connectivity index (χ1n) is 12.3. The van der Waals surface area contributed by atoms with Crippen molar-refractivity contribution >= 4 is 11.4 Å². The molecule has 0 saturated heterocycles. The summed E-state index contributed by atoms with van der Waals surface area (Å²) in [6.07, 6.45) is 0. The minimum atomic E-state index is -0.109. The standard InChI is InChI=1S/C33H35N/c1-22-14-13-18-25(24-15-9-8-10-16-24)31(22)34(32(3,4)5)30-21-27-26-17-11-12-19-28(26)33(6,7)29(27)20-23(30)2/h8-21H,1-7H3. The van der Waals surface area contributed by atoms with E-state index in [4.69, 9.17) is 0 Å². The van der Waals surface area contributed by atoms with E-state index >= 15 is 0 Å². The van der Waals surface area contributed by atoms with E-state index in [9.17, 15) is 0 Å². The molecule has 1 aliphatic carbocycles. The molecule has 0 amide bonds. The van der Waals surface area contributed by atoms with Gasteiger partial charge < -0.3 is 4.90 Å². The summed E-state index contributed by atoms with van der Waals surface area (Å²) in [6.45, 7) is 16.2. The van der Waals surface area contributed by atoms with Gasteiger partial charge in [0.1, 0.15) is 0 Å². The molecule has 1 aliphatic rings. The zero-order chi connectivity index (χ0) is 24.3. The van der Waals surface area contributed by atoms with Gasteiger partial charge in [0.2, 0.25) is 0 Å². The average molecular weight is 446 g/mol. The van der Waals surface area contributed by atoms with E-state index in [1.165, 1.54) is 55.9 Å². The maximum absolute atomic E-state index is 2.56. The molecule has 0 N–H and O–H groups in total. The number of anilines is 2. The molecular formula is C33H35N. The smallest absolute Gasteiger partial charge is 0.0525 e. The van der Waals surface area contributed by atoms with Gasteiger partial charge in [-0.3, -0.25) is 0 Å². The van der Waals surface area contributed by atoms with Gasteiger partial charge >= 0.3 is 0 Å². The fourth-order valence-electron chi connectivity index (χ4n) is 5.71. The summed E-state index contributed by atoms with van der Waals surface area (Å²) in [5.74, 6) is 0. The summed E-state index contributed by atoms with van der Waals surface area (Å²) < 4.78 is 0. The van der Waals surface area contributed by atoms with Gasteiger partial charge in [-0.25, -0.2) is 0 Å². The highest BCUT2D eigenvalue weighted by Crippen LogP contribution is 2.52. The second-order valence-corrected chi connectivity index (χ2v) is 11.2. The predicted octanol–water partition coefficient (Wildman–Crippen LogP) is 9.21. The van der Waals surface area contributed by atoms with E-state index in [1.54, 1.807) is 0 Å². The first kappa shape index (κ1) is 22.5. The van der Waals surface area contributed by atoms with Crippen LogP contribution in [0.15, 0.2) is 84.9 Å². The molecule has 34 heavy (non-hydrogen) atoms. The summed E-state index contributed by atoms with van der Waals surface area (Å²) in [6, 6.07) is 31.2. The second-order valence-electron chi connectivity index (χ2n) is 11.2. The number of rotatable bonds is 3. The monoisotopic (exact) mass is 445 g/mol. The van der Waals surface area contributed by atoms with Gasteiger partial charge in [-0.1, -0.05) is 92.7 Å². The second kappa shape index (κ2) is 7.87. The molecule has 0 spiro atoms. The molecular weight excluding hydrogens is 410 g/mol. The van der Waals surface area contributed by atoms with Crippen molar-refractivity contribution in [1.82, 2.24) is 0 Å². The predicted molar refractivity (Wildman–Crippen MR) is 147 cm³/mol. The normalized spacial score (nSPS) is 14.0. The van der Waals surface area contributed by atoms with Gasteiger partial charge in [0, 0.05) is 22.2 Å². The molecule has 0 fully saturated rings. The summed E-state index contributed by atoms with van der Waals surface area (Å²) in [5.41, 5.74) is 13.2. The van der Waals surface area contributed by atoms with Crippen LogP contribution >= 0.6 is 0 Å². The Labute approximate surface area is 205 Å². The molecule has 0 saturated carbocycles. The Hall–Kier alpha value is -3.32. The van der Waals surface area contributed by atoms with Crippen LogP contribution in [0.5, 0.6) is 0 Å². The molecule has 1 heteroatoms. The van der Waals surface area contributed by atoms with Crippen molar-refractivity contribution in [2.24, 2.45) is 0 Å². The molecule has 172 valence electrons. The Morgan fingerprint density at radius 1 is 0.618 bits per heavy atom. The van der Waals surface area contributed by atoms with E-state index in [1.807, 2.05) is 0 Å². The van der Waals surface area contributed by atoms with Crippen LogP contribution < -0.4 is 4.90 Å². The van der Waals surface area contributed by atoms with E-state index in [2.05, 4.69) is 138 Å². The van der Waals surface area contributed by atoms with Crippen LogP contribution in [0.4, 0.5) is 11.4 Å². The lowest BCUT2D eigenvalue weighted by atomic mass is 9.81. The van der Waals surface area contributed by atoms with Gasteiger partial charge in [0.05, 0.1) is 5.69 Å². The average Bonchev–Trinajstić information content (AvgIpc) is 3.01. The van der Waals surface area contributed by atoms with Gasteiger partial charge in [0.25, 0.3) is 0 Å². The Kier molecular flexibility index (Phi) is 5.20. The third-order valence-corrected chi connectivity index (χ3v) is 7.36. The lowest BCUT2D eigenvalue weighted by molar-refractivity contribution is 0.558. The lowest BCUT2D eigenvalue weighted by Crippen LogP contribution is -2.39. The maximum atomic E-state index is 2.56. The van der Waals surface area contributed by atoms with E-state index in [0.717, 1.165) is 0 Å². The van der Waals surface area contributed by atoms with Crippen molar-refractivity contribution in [1.29, 1.82) is 0 Å². The quantitative estimate of drug-likeness (QED) is 0.304. The van der Waals surface area contributed by atoms with Gasteiger partial charge in [-0.2, -0.15) is 0 Å². The fourth-order valence-corrected chi connectivity index (χ4v) is 5.71. The number of hydrogen-bond donors (Lipinski definition) is 0. The molecule has 0 unspecified atom stereocenters. The van der Waals surface area contributed by atoms with Crippen molar-refractivity contribution in [3.05, 3.63) is 107 Å². The minimum Gasteiger partial charge on any atom is -0.335 e. The highest BCUT2D eigenvalue weighted by atomic mass is 15.2. The number of benzene rings is 4. The number of aryl methyl sites for hydroxylation is 2. The van der Waals surface area contributed by atoms with Crippen LogP contribution in [-0.4, -0.2) is 5.54 Å². The first-order chi connectivity index (χ1) is 16.1. The van der Waals surface area contributed by atoms with Crippen LogP contribution in [0.2, 0.25) is 0 Å². The number of nitrogens with zero attached hydrogens (tertiary/aromatic N) is 1. The Balaban J connectivity index is 1.79. The third kappa shape index (κ3) is 3.46. The maximum Gasteiger partial charge on any atom is 0.0525 e. The zero-order valence-electron chi connectivity index (χ0n) is 21.5. The van der Waals surface area contributed by atoms with Crippen LogP contribution in [0.3, 0.4) is 0 Å². The van der Waals surface area contributed by atoms with Gasteiger partial charge in [0.15, 0.2) is 0 Å². The molecule has 0 aromatic heterocycles. The van der Waals surface area contributed by atoms with Gasteiger partial charge in [-0.05, 0) is 79.6 Å². The van der Waals surface area contributed by atoms with Crippen molar-refractivity contribution in [2.75, 3.05) is 4.90 Å². The van der Waals surface area contributed by atoms with Crippen LogP contribution in [0, 0.1) is 13.8 Å². The van der Waals surface area contributed by atoms with Crippen molar-refractivity contribution in [3.8, 4) is 22.3 Å². The molecule has 4 aromatic rings. The topological polar surface area (TPSA) is 3.24 Å². The van der Waals surface area contributed by atoms with Crippen LogP contribution in [0.1, 0.15) is 56.9 Å². The number of para-hydroxylation sites is 1. The third-order valence-electron chi connectivity index (χ3n) is 7.36. The number of hydrogen-bond acceptors (Lipinski definition) is 1. The van der Waals surface area contributed by atoms with Crippen molar-refractivity contribution in [3.63, 3.8) is 0 Å². The summed E-state index contributed by atoms with van der Waals surface area (Å²) >= 11 is 0. The van der Waals surface area contributed by atoms with E-state index in [-0.39, 0.29) is 11.0 Å². The summed E-state index contributed by atoms with van der Waals surface area (Å²) in [5, 5.41) is 0. The highest BCUT2D eigenvalue weighted by molar-refractivity contribution is 5.90. The van der Waals surface area contributed by atoms with Gasteiger partial charge in [-0.15, -0.1) is 0 Å². The van der Waals surface area contributed by atoms with Crippen LogP contribution in [-0.2, 0) is 5.41 Å². The Morgan fingerprint density at radius 2 is 1.26 bits per heavy atom. The fraction of sp³-hybridized carbons (Fsp3) is 0.273. The van der Waals surface area contributed by atoms with Crippen LogP contribution in [0.25, 0.3) is 22.3 Å². The van der Waals surface area contributed by atoms with Crippen molar-refractivity contribution in [2.45, 2.75) is 59.4 Å². The molecule has 0 radical (unpaired) electrons. The summed E-state index contributed by atoms with van der Waals surface area (Å²) in [4.78, 5) is 2.56. The van der Waals surface area contributed by atoms with E-state index < -0.39 is 0 Å². The minimum absolute atomic E-state index is 0.0135. The van der Waals surface area contributed by atoms with Crippen molar-refractivity contribution < 1.29 is 0 Å². The molecule has 1 nitrogen and oxygen atoms in total. The first-order valence-corrected chi connectivity index (χ1v) is 12.3. The SMILES string of the molecule is Cc1cc2c(cc1N(c1c(C)cccc1-c1ccccc1)C(C)(C)C)-c1ccccc1C2(C)C. The molecule has 0 bridgehead atoms. The lowest BCUT2D eigenvalue weighted by Gasteiger charge is -2.41.